The zero-order valence-corrected chi connectivity index (χ0v) is 11.8. The lowest BCUT2D eigenvalue weighted by atomic mass is 10.2. The van der Waals surface area contributed by atoms with Gasteiger partial charge in [-0.2, -0.15) is 0 Å². The van der Waals surface area contributed by atoms with E-state index in [2.05, 4.69) is 22.1 Å². The molecule has 0 fully saturated rings. The van der Waals surface area contributed by atoms with Gasteiger partial charge in [0.1, 0.15) is 0 Å². The molecule has 19 heavy (non-hydrogen) atoms. The molecule has 1 heterocycles. The quantitative estimate of drug-likeness (QED) is 0.753. The summed E-state index contributed by atoms with van der Waals surface area (Å²) in [5.41, 5.74) is 6.35. The van der Waals surface area contributed by atoms with E-state index in [0.717, 1.165) is 0 Å². The molecule has 6 heteroatoms. The second kappa shape index (κ2) is 7.67. The number of hydrogen-bond acceptors (Lipinski definition) is 4. The maximum Gasteiger partial charge on any atom is 0.252 e. The lowest BCUT2D eigenvalue weighted by molar-refractivity contribution is 0.0953. The number of nitrogens with one attached hydrogen (secondary N) is 1. The van der Waals surface area contributed by atoms with Gasteiger partial charge in [0.15, 0.2) is 0 Å². The first kappa shape index (κ1) is 15.3. The van der Waals surface area contributed by atoms with Gasteiger partial charge < -0.3 is 11.1 Å². The van der Waals surface area contributed by atoms with E-state index in [1.54, 1.807) is 18.5 Å². The van der Waals surface area contributed by atoms with Gasteiger partial charge in [0.25, 0.3) is 5.91 Å². The highest BCUT2D eigenvalue weighted by atomic mass is 32.2. The Morgan fingerprint density at radius 2 is 2.32 bits per heavy atom. The number of amides is 1. The molecular weight excluding hydrogens is 262 g/mol. The standard InChI is InChI=1S/C13H17N3O2S/c1-10(19(2)18)7-16-13(17)12-6-11(4-3-5-14)8-15-9-12/h6,8-10H,5,7,14H2,1-2H3,(H,16,17). The molecule has 1 aromatic rings. The predicted octanol–water partition coefficient (Wildman–Crippen LogP) is -0.111. The zero-order valence-electron chi connectivity index (χ0n) is 11.0. The van der Waals surface area contributed by atoms with Crippen LogP contribution in [0.15, 0.2) is 18.5 Å². The summed E-state index contributed by atoms with van der Waals surface area (Å²) in [4.78, 5) is 15.8. The first-order valence-electron chi connectivity index (χ1n) is 5.79. The molecular formula is C13H17N3O2S. The number of rotatable bonds is 4. The largest absolute Gasteiger partial charge is 0.351 e. The molecule has 5 nitrogen and oxygen atoms in total. The maximum atomic E-state index is 11.9. The molecule has 0 spiro atoms. The number of pyridine rings is 1. The third kappa shape index (κ3) is 5.20. The van der Waals surface area contributed by atoms with E-state index < -0.39 is 10.8 Å². The normalized spacial score (nSPS) is 13.0. The Bertz CT molecular complexity index is 534. The SMILES string of the molecule is CC(CNC(=O)c1cncc(C#CCN)c1)S(C)=O. The lowest BCUT2D eigenvalue weighted by Crippen LogP contribution is -2.32. The van der Waals surface area contributed by atoms with Crippen molar-refractivity contribution in [3.05, 3.63) is 29.6 Å². The molecule has 0 aromatic carbocycles. The summed E-state index contributed by atoms with van der Waals surface area (Å²) in [6, 6.07) is 1.65. The third-order valence-corrected chi connectivity index (χ3v) is 3.75. The van der Waals surface area contributed by atoms with Crippen LogP contribution in [-0.2, 0) is 10.8 Å². The van der Waals surface area contributed by atoms with Crippen LogP contribution in [-0.4, -0.2) is 39.7 Å². The fraction of sp³-hybridized carbons (Fsp3) is 0.385. The van der Waals surface area contributed by atoms with Crippen LogP contribution in [0, 0.1) is 11.8 Å². The Morgan fingerprint density at radius 3 is 2.95 bits per heavy atom. The van der Waals surface area contributed by atoms with E-state index in [4.69, 9.17) is 5.73 Å². The van der Waals surface area contributed by atoms with Crippen LogP contribution in [0.1, 0.15) is 22.8 Å². The first-order chi connectivity index (χ1) is 9.04. The lowest BCUT2D eigenvalue weighted by Gasteiger charge is -2.09. The summed E-state index contributed by atoms with van der Waals surface area (Å²) < 4.78 is 11.2. The van der Waals surface area contributed by atoms with Gasteiger partial charge in [-0.25, -0.2) is 0 Å². The first-order valence-corrected chi connectivity index (χ1v) is 7.41. The molecule has 1 aromatic heterocycles. The van der Waals surface area contributed by atoms with Gasteiger partial charge >= 0.3 is 0 Å². The molecule has 0 aliphatic carbocycles. The average Bonchev–Trinajstić information content (AvgIpc) is 2.42. The van der Waals surface area contributed by atoms with E-state index in [1.165, 1.54) is 6.20 Å². The van der Waals surface area contributed by atoms with E-state index in [0.29, 0.717) is 17.7 Å². The van der Waals surface area contributed by atoms with Gasteiger partial charge in [-0.3, -0.25) is 14.0 Å². The van der Waals surface area contributed by atoms with Crippen LogP contribution in [0.3, 0.4) is 0 Å². The summed E-state index contributed by atoms with van der Waals surface area (Å²) in [5.74, 6) is 5.27. The van der Waals surface area contributed by atoms with Gasteiger partial charge in [0.2, 0.25) is 0 Å². The smallest absolute Gasteiger partial charge is 0.252 e. The van der Waals surface area contributed by atoms with Crippen LogP contribution in [0.5, 0.6) is 0 Å². The highest BCUT2D eigenvalue weighted by molar-refractivity contribution is 7.84. The summed E-state index contributed by atoms with van der Waals surface area (Å²) >= 11 is 0. The van der Waals surface area contributed by atoms with Crippen molar-refractivity contribution in [2.24, 2.45) is 5.73 Å². The molecule has 2 atom stereocenters. The summed E-state index contributed by atoms with van der Waals surface area (Å²) in [6.07, 6.45) is 4.65. The second-order valence-electron chi connectivity index (χ2n) is 3.99. The Balaban J connectivity index is 2.69. The number of carbonyl (C=O) groups excluding carboxylic acids is 1. The molecule has 2 unspecified atom stereocenters. The number of hydrogen-bond donors (Lipinski definition) is 2. The van der Waals surface area contributed by atoms with Gasteiger partial charge in [-0.1, -0.05) is 11.8 Å². The average molecular weight is 279 g/mol. The highest BCUT2D eigenvalue weighted by Gasteiger charge is 2.10. The highest BCUT2D eigenvalue weighted by Crippen LogP contribution is 2.02. The minimum Gasteiger partial charge on any atom is -0.351 e. The van der Waals surface area contributed by atoms with Crippen molar-refractivity contribution in [3.63, 3.8) is 0 Å². The van der Waals surface area contributed by atoms with Crippen molar-refractivity contribution in [2.75, 3.05) is 19.3 Å². The van der Waals surface area contributed by atoms with Gasteiger partial charge in [-0.15, -0.1) is 0 Å². The molecule has 0 aliphatic rings. The van der Waals surface area contributed by atoms with Crippen molar-refractivity contribution in [2.45, 2.75) is 12.2 Å². The number of carbonyl (C=O) groups is 1. The molecule has 0 saturated carbocycles. The second-order valence-corrected chi connectivity index (χ2v) is 5.79. The van der Waals surface area contributed by atoms with Crippen LogP contribution >= 0.6 is 0 Å². The fourth-order valence-electron chi connectivity index (χ4n) is 1.24. The van der Waals surface area contributed by atoms with Gasteiger partial charge in [-0.05, 0) is 13.0 Å². The van der Waals surface area contributed by atoms with Crippen LogP contribution in [0.2, 0.25) is 0 Å². The van der Waals surface area contributed by atoms with Gasteiger partial charge in [0.05, 0.1) is 12.1 Å². The Morgan fingerprint density at radius 1 is 1.58 bits per heavy atom. The number of nitrogens with two attached hydrogens (primary N) is 1. The topological polar surface area (TPSA) is 85.1 Å². The minimum atomic E-state index is -0.958. The van der Waals surface area contributed by atoms with E-state index >= 15 is 0 Å². The number of nitrogens with zero attached hydrogens (tertiary/aromatic N) is 1. The van der Waals surface area contributed by atoms with Crippen LogP contribution < -0.4 is 11.1 Å². The molecule has 0 bridgehead atoms. The minimum absolute atomic E-state index is 0.0860. The zero-order chi connectivity index (χ0) is 14.3. The van der Waals surface area contributed by atoms with Crippen molar-refractivity contribution in [1.29, 1.82) is 0 Å². The molecule has 0 radical (unpaired) electrons. The monoisotopic (exact) mass is 279 g/mol. The summed E-state index contributed by atoms with van der Waals surface area (Å²) in [7, 11) is -0.958. The van der Waals surface area contributed by atoms with E-state index in [-0.39, 0.29) is 17.7 Å². The Labute approximate surface area is 115 Å². The number of aromatic nitrogens is 1. The molecule has 3 N–H and O–H groups in total. The van der Waals surface area contributed by atoms with Crippen molar-refractivity contribution >= 4 is 16.7 Å². The molecule has 102 valence electrons. The fourth-order valence-corrected chi connectivity index (χ4v) is 1.56. The van der Waals surface area contributed by atoms with Crippen LogP contribution in [0.25, 0.3) is 0 Å². The van der Waals surface area contributed by atoms with Crippen molar-refractivity contribution in [1.82, 2.24) is 10.3 Å². The van der Waals surface area contributed by atoms with E-state index in [9.17, 15) is 9.00 Å². The molecule has 1 amide bonds. The predicted molar refractivity (Wildman–Crippen MR) is 76.0 cm³/mol. The van der Waals surface area contributed by atoms with E-state index in [1.807, 2.05) is 6.92 Å². The Kier molecular flexibility index (Phi) is 6.19. The molecule has 0 saturated heterocycles. The van der Waals surface area contributed by atoms with Crippen molar-refractivity contribution in [3.8, 4) is 11.8 Å². The third-order valence-electron chi connectivity index (χ3n) is 2.45. The maximum absolute atomic E-state index is 11.9. The van der Waals surface area contributed by atoms with Crippen molar-refractivity contribution < 1.29 is 9.00 Å². The molecule has 1 rings (SSSR count). The Hall–Kier alpha value is -1.71. The summed E-state index contributed by atoms with van der Waals surface area (Å²) in [5, 5.41) is 2.63. The summed E-state index contributed by atoms with van der Waals surface area (Å²) in [6.45, 7) is 2.44. The van der Waals surface area contributed by atoms with Gasteiger partial charge in [0, 0.05) is 46.8 Å². The van der Waals surface area contributed by atoms with Crippen LogP contribution in [0.4, 0.5) is 0 Å². The molecule has 0 aliphatic heterocycles.